The molecule has 2 nitrogen and oxygen atoms in total. The number of halogens is 6. The third kappa shape index (κ3) is 3.62. The maximum absolute atomic E-state index is 13.0. The van der Waals surface area contributed by atoms with E-state index in [4.69, 9.17) is 0 Å². The van der Waals surface area contributed by atoms with Crippen LogP contribution < -0.4 is 5.32 Å². The first-order valence-corrected chi connectivity index (χ1v) is 6.61. The Hall–Kier alpha value is -1.96. The summed E-state index contributed by atoms with van der Waals surface area (Å²) in [5, 5.41) is 2.26. The largest absolute Gasteiger partial charge is 0.417 e. The SMILES string of the molecule is O=C(Nc1ccc(F)c(F)c1)c1ccc(C(F)(F)F)c(Br)c1. The molecule has 0 bridgehead atoms. The van der Waals surface area contributed by atoms with Gasteiger partial charge < -0.3 is 5.32 Å². The molecule has 116 valence electrons. The quantitative estimate of drug-likeness (QED) is 0.731. The van der Waals surface area contributed by atoms with E-state index in [0.717, 1.165) is 36.4 Å². The molecule has 2 aromatic carbocycles. The molecule has 0 atom stereocenters. The Bertz CT molecular complexity index is 730. The van der Waals surface area contributed by atoms with E-state index >= 15 is 0 Å². The first-order valence-electron chi connectivity index (χ1n) is 5.81. The van der Waals surface area contributed by atoms with Gasteiger partial charge >= 0.3 is 6.18 Å². The topological polar surface area (TPSA) is 29.1 Å². The first kappa shape index (κ1) is 16.4. The van der Waals surface area contributed by atoms with E-state index in [1.807, 2.05) is 0 Å². The summed E-state index contributed by atoms with van der Waals surface area (Å²) in [7, 11) is 0. The minimum Gasteiger partial charge on any atom is -0.322 e. The fraction of sp³-hybridized carbons (Fsp3) is 0.0714. The van der Waals surface area contributed by atoms with Crippen LogP contribution in [0.5, 0.6) is 0 Å². The van der Waals surface area contributed by atoms with E-state index in [9.17, 15) is 26.7 Å². The van der Waals surface area contributed by atoms with E-state index in [1.165, 1.54) is 0 Å². The third-order valence-corrected chi connectivity index (χ3v) is 3.37. The summed E-state index contributed by atoms with van der Waals surface area (Å²) >= 11 is 2.75. The number of benzene rings is 2. The zero-order valence-corrected chi connectivity index (χ0v) is 12.2. The van der Waals surface area contributed by atoms with Crippen LogP contribution in [0.25, 0.3) is 0 Å². The van der Waals surface area contributed by atoms with Crippen molar-refractivity contribution in [1.29, 1.82) is 0 Å². The zero-order chi connectivity index (χ0) is 16.5. The van der Waals surface area contributed by atoms with Gasteiger partial charge in [-0.25, -0.2) is 8.78 Å². The predicted molar refractivity (Wildman–Crippen MR) is 73.5 cm³/mol. The van der Waals surface area contributed by atoms with Crippen molar-refractivity contribution in [2.45, 2.75) is 6.18 Å². The van der Waals surface area contributed by atoms with Crippen LogP contribution in [-0.2, 0) is 6.18 Å². The van der Waals surface area contributed by atoms with Crippen molar-refractivity contribution in [1.82, 2.24) is 0 Å². The molecule has 0 aliphatic carbocycles. The van der Waals surface area contributed by atoms with Crippen LogP contribution in [-0.4, -0.2) is 5.91 Å². The number of carbonyl (C=O) groups is 1. The van der Waals surface area contributed by atoms with Gasteiger partial charge in [0.1, 0.15) is 0 Å². The Kier molecular flexibility index (Phi) is 4.50. The molecule has 1 N–H and O–H groups in total. The molecule has 0 aliphatic rings. The molecule has 0 aromatic heterocycles. The lowest BCUT2D eigenvalue weighted by Gasteiger charge is -2.11. The first-order chi connectivity index (χ1) is 10.2. The molecule has 0 radical (unpaired) electrons. The van der Waals surface area contributed by atoms with E-state index in [2.05, 4.69) is 21.2 Å². The molecule has 0 aliphatic heterocycles. The lowest BCUT2D eigenvalue weighted by atomic mass is 10.1. The Morgan fingerprint density at radius 1 is 1.00 bits per heavy atom. The molecule has 1 amide bonds. The number of rotatable bonds is 2. The Morgan fingerprint density at radius 2 is 1.68 bits per heavy atom. The van der Waals surface area contributed by atoms with Gasteiger partial charge in [-0.15, -0.1) is 0 Å². The number of hydrogen-bond acceptors (Lipinski definition) is 1. The van der Waals surface area contributed by atoms with Gasteiger partial charge in [-0.05, 0) is 30.3 Å². The Balaban J connectivity index is 2.23. The molecule has 2 aromatic rings. The maximum Gasteiger partial charge on any atom is 0.417 e. The average Bonchev–Trinajstić information content (AvgIpc) is 2.41. The number of anilines is 1. The van der Waals surface area contributed by atoms with Crippen molar-refractivity contribution in [3.05, 3.63) is 63.6 Å². The molecule has 0 heterocycles. The normalized spacial score (nSPS) is 11.4. The highest BCUT2D eigenvalue weighted by molar-refractivity contribution is 9.10. The van der Waals surface area contributed by atoms with Crippen molar-refractivity contribution in [2.75, 3.05) is 5.32 Å². The molecule has 0 spiro atoms. The summed E-state index contributed by atoms with van der Waals surface area (Å²) in [6, 6.07) is 5.47. The lowest BCUT2D eigenvalue weighted by molar-refractivity contribution is -0.138. The average molecular weight is 380 g/mol. The Morgan fingerprint density at radius 3 is 2.23 bits per heavy atom. The molecule has 0 saturated carbocycles. The van der Waals surface area contributed by atoms with Crippen LogP contribution >= 0.6 is 15.9 Å². The van der Waals surface area contributed by atoms with Gasteiger partial charge in [-0.3, -0.25) is 4.79 Å². The number of alkyl halides is 3. The smallest absolute Gasteiger partial charge is 0.322 e. The summed E-state index contributed by atoms with van der Waals surface area (Å²) in [4.78, 5) is 11.9. The van der Waals surface area contributed by atoms with Crippen molar-refractivity contribution < 1.29 is 26.7 Å². The van der Waals surface area contributed by atoms with E-state index in [1.54, 1.807) is 0 Å². The van der Waals surface area contributed by atoms with Gasteiger partial charge in [0.25, 0.3) is 5.91 Å². The number of amides is 1. The van der Waals surface area contributed by atoms with Gasteiger partial charge in [0, 0.05) is 21.8 Å². The van der Waals surface area contributed by atoms with Crippen LogP contribution in [0.2, 0.25) is 0 Å². The van der Waals surface area contributed by atoms with Gasteiger partial charge in [0.2, 0.25) is 0 Å². The van der Waals surface area contributed by atoms with E-state index in [0.29, 0.717) is 0 Å². The number of nitrogens with one attached hydrogen (secondary N) is 1. The minimum absolute atomic E-state index is 0.0140. The highest BCUT2D eigenvalue weighted by atomic mass is 79.9. The summed E-state index contributed by atoms with van der Waals surface area (Å²) in [6.07, 6.45) is -4.55. The molecule has 2 rings (SSSR count). The molecule has 0 fully saturated rings. The van der Waals surface area contributed by atoms with Crippen molar-refractivity contribution in [3.63, 3.8) is 0 Å². The second-order valence-electron chi connectivity index (χ2n) is 4.28. The fourth-order valence-corrected chi connectivity index (χ4v) is 2.27. The monoisotopic (exact) mass is 379 g/mol. The lowest BCUT2D eigenvalue weighted by Crippen LogP contribution is -2.13. The highest BCUT2D eigenvalue weighted by Gasteiger charge is 2.33. The molecule has 0 unspecified atom stereocenters. The molecule has 22 heavy (non-hydrogen) atoms. The fourth-order valence-electron chi connectivity index (χ4n) is 1.66. The van der Waals surface area contributed by atoms with E-state index < -0.39 is 29.3 Å². The summed E-state index contributed by atoms with van der Waals surface area (Å²) in [5.41, 5.74) is -0.999. The highest BCUT2D eigenvalue weighted by Crippen LogP contribution is 2.35. The molecular weight excluding hydrogens is 373 g/mol. The van der Waals surface area contributed by atoms with Gasteiger partial charge in [-0.2, -0.15) is 13.2 Å². The third-order valence-electron chi connectivity index (χ3n) is 2.71. The van der Waals surface area contributed by atoms with Gasteiger partial charge in [0.15, 0.2) is 11.6 Å². The molecule has 0 saturated heterocycles. The van der Waals surface area contributed by atoms with Crippen molar-refractivity contribution >= 4 is 27.5 Å². The zero-order valence-electron chi connectivity index (χ0n) is 10.6. The van der Waals surface area contributed by atoms with Crippen molar-refractivity contribution in [3.8, 4) is 0 Å². The summed E-state index contributed by atoms with van der Waals surface area (Å²) in [5.74, 6) is -2.97. The van der Waals surface area contributed by atoms with E-state index in [-0.39, 0.29) is 15.7 Å². The number of hydrogen-bond donors (Lipinski definition) is 1. The van der Waals surface area contributed by atoms with Crippen LogP contribution in [0, 0.1) is 11.6 Å². The minimum atomic E-state index is -4.55. The van der Waals surface area contributed by atoms with Crippen LogP contribution in [0.3, 0.4) is 0 Å². The Labute approximate surface area is 130 Å². The van der Waals surface area contributed by atoms with Gasteiger partial charge in [-0.1, -0.05) is 15.9 Å². The summed E-state index contributed by atoms with van der Waals surface area (Å²) < 4.78 is 63.3. The second kappa shape index (κ2) is 6.04. The molecular formula is C14H7BrF5NO. The standard InChI is InChI=1S/C14H7BrF5NO/c15-10-5-7(1-3-9(10)14(18,19)20)13(22)21-8-2-4-11(16)12(17)6-8/h1-6H,(H,21,22). The second-order valence-corrected chi connectivity index (χ2v) is 5.13. The number of carbonyl (C=O) groups excluding carboxylic acids is 1. The van der Waals surface area contributed by atoms with Crippen LogP contribution in [0.15, 0.2) is 40.9 Å². The van der Waals surface area contributed by atoms with Crippen molar-refractivity contribution in [2.24, 2.45) is 0 Å². The summed E-state index contributed by atoms with van der Waals surface area (Å²) in [6.45, 7) is 0. The van der Waals surface area contributed by atoms with Gasteiger partial charge in [0.05, 0.1) is 5.56 Å². The predicted octanol–water partition coefficient (Wildman–Crippen LogP) is 5.00. The maximum atomic E-state index is 13.0. The van der Waals surface area contributed by atoms with Crippen LogP contribution in [0.4, 0.5) is 27.6 Å². The molecule has 8 heteroatoms. The van der Waals surface area contributed by atoms with Crippen LogP contribution in [0.1, 0.15) is 15.9 Å².